The predicted molar refractivity (Wildman–Crippen MR) is 136 cm³/mol. The summed E-state index contributed by atoms with van der Waals surface area (Å²) in [4.78, 5) is 41.5. The molecule has 2 N–H and O–H groups in total. The van der Waals surface area contributed by atoms with Crippen LogP contribution in [0.2, 0.25) is 0 Å². The van der Waals surface area contributed by atoms with Gasteiger partial charge in [0.15, 0.2) is 0 Å². The molecule has 0 fully saturated rings. The van der Waals surface area contributed by atoms with Gasteiger partial charge in [-0.05, 0) is 45.1 Å². The van der Waals surface area contributed by atoms with Crippen molar-refractivity contribution in [2.75, 3.05) is 13.1 Å². The highest BCUT2D eigenvalue weighted by Crippen LogP contribution is 2.25. The van der Waals surface area contributed by atoms with Crippen molar-refractivity contribution in [3.63, 3.8) is 0 Å². The van der Waals surface area contributed by atoms with Crippen molar-refractivity contribution in [1.29, 1.82) is 0 Å². The third kappa shape index (κ3) is 9.74. The fraction of sp³-hybridized carbons (Fsp3) is 0.667. The predicted octanol–water partition coefficient (Wildman–Crippen LogP) is 5.21. The summed E-state index contributed by atoms with van der Waals surface area (Å²) in [5, 5.41) is 5.80. The lowest BCUT2D eigenvalue weighted by Crippen LogP contribution is -2.55. The number of nitrogens with zero attached hydrogens (tertiary/aromatic N) is 1. The Labute approximate surface area is 206 Å². The zero-order valence-electron chi connectivity index (χ0n) is 22.1. The number of ether oxygens (including phenoxy) is 1. The molecule has 3 unspecified atom stereocenters. The van der Waals surface area contributed by atoms with Crippen molar-refractivity contribution in [3.05, 3.63) is 35.9 Å². The summed E-state index contributed by atoms with van der Waals surface area (Å²) in [7, 11) is 0. The maximum absolute atomic E-state index is 13.9. The van der Waals surface area contributed by atoms with E-state index in [2.05, 4.69) is 17.6 Å². The van der Waals surface area contributed by atoms with Crippen molar-refractivity contribution < 1.29 is 19.1 Å². The van der Waals surface area contributed by atoms with Gasteiger partial charge in [0.05, 0.1) is 0 Å². The third-order valence-corrected chi connectivity index (χ3v) is 5.65. The monoisotopic (exact) mass is 475 g/mol. The summed E-state index contributed by atoms with van der Waals surface area (Å²) in [6.07, 6.45) is 3.71. The number of carbonyl (C=O) groups excluding carboxylic acids is 3. The average molecular weight is 476 g/mol. The van der Waals surface area contributed by atoms with Crippen LogP contribution in [0.15, 0.2) is 30.3 Å². The molecule has 7 heteroatoms. The van der Waals surface area contributed by atoms with Crippen LogP contribution in [-0.2, 0) is 14.3 Å². The lowest BCUT2D eigenvalue weighted by molar-refractivity contribution is -0.143. The van der Waals surface area contributed by atoms with Crippen LogP contribution in [0, 0.1) is 5.92 Å². The fourth-order valence-corrected chi connectivity index (χ4v) is 3.70. The second kappa shape index (κ2) is 14.6. The lowest BCUT2D eigenvalue weighted by Gasteiger charge is -2.36. The van der Waals surface area contributed by atoms with Crippen LogP contribution in [0.4, 0.5) is 4.79 Å². The molecule has 0 saturated carbocycles. The van der Waals surface area contributed by atoms with Gasteiger partial charge in [-0.1, -0.05) is 77.3 Å². The normalized spacial score (nSPS) is 14.0. The molecule has 1 rings (SSSR count). The van der Waals surface area contributed by atoms with Crippen LogP contribution < -0.4 is 10.6 Å². The molecule has 0 spiro atoms. The average Bonchev–Trinajstić information content (AvgIpc) is 2.78. The second-order valence-electron chi connectivity index (χ2n) is 9.85. The second-order valence-corrected chi connectivity index (χ2v) is 9.85. The van der Waals surface area contributed by atoms with Gasteiger partial charge in [0, 0.05) is 13.1 Å². The zero-order valence-corrected chi connectivity index (χ0v) is 22.1. The van der Waals surface area contributed by atoms with Crippen LogP contribution in [0.1, 0.15) is 92.2 Å². The van der Waals surface area contributed by atoms with E-state index < -0.39 is 23.8 Å². The Morgan fingerprint density at radius 3 is 2.18 bits per heavy atom. The summed E-state index contributed by atoms with van der Waals surface area (Å²) in [5.41, 5.74) is 0.0683. The molecule has 7 nitrogen and oxygen atoms in total. The number of rotatable bonds is 13. The molecule has 192 valence electrons. The van der Waals surface area contributed by atoms with Crippen LogP contribution in [-0.4, -0.2) is 47.5 Å². The van der Waals surface area contributed by atoms with E-state index in [1.807, 2.05) is 51.1 Å². The van der Waals surface area contributed by atoms with Gasteiger partial charge in [-0.25, -0.2) is 4.79 Å². The number of amides is 3. The Morgan fingerprint density at radius 1 is 1.00 bits per heavy atom. The highest BCUT2D eigenvalue weighted by atomic mass is 16.6. The first-order valence-electron chi connectivity index (χ1n) is 12.7. The first-order valence-corrected chi connectivity index (χ1v) is 12.7. The van der Waals surface area contributed by atoms with Crippen LogP contribution in [0.25, 0.3) is 0 Å². The minimum absolute atomic E-state index is 0.136. The van der Waals surface area contributed by atoms with Gasteiger partial charge >= 0.3 is 6.09 Å². The number of hydrogen-bond acceptors (Lipinski definition) is 4. The Kier molecular flexibility index (Phi) is 12.7. The quantitative estimate of drug-likeness (QED) is 0.383. The third-order valence-electron chi connectivity index (χ3n) is 5.65. The van der Waals surface area contributed by atoms with E-state index in [1.54, 1.807) is 25.7 Å². The first-order chi connectivity index (χ1) is 16.1. The van der Waals surface area contributed by atoms with E-state index in [0.717, 1.165) is 24.8 Å². The van der Waals surface area contributed by atoms with E-state index in [-0.39, 0.29) is 17.7 Å². The van der Waals surface area contributed by atoms with Crippen LogP contribution in [0.3, 0.4) is 0 Å². The van der Waals surface area contributed by atoms with E-state index in [0.29, 0.717) is 25.9 Å². The van der Waals surface area contributed by atoms with E-state index in [1.165, 1.54) is 0 Å². The van der Waals surface area contributed by atoms with Gasteiger partial charge < -0.3 is 20.3 Å². The topological polar surface area (TPSA) is 87.7 Å². The van der Waals surface area contributed by atoms with Crippen molar-refractivity contribution >= 4 is 17.9 Å². The molecule has 0 heterocycles. The van der Waals surface area contributed by atoms with Gasteiger partial charge in [0.2, 0.25) is 11.8 Å². The van der Waals surface area contributed by atoms with E-state index in [4.69, 9.17) is 4.74 Å². The van der Waals surface area contributed by atoms with Crippen LogP contribution >= 0.6 is 0 Å². The molecular formula is C27H45N3O4. The molecule has 3 atom stereocenters. The number of benzene rings is 1. The first kappa shape index (κ1) is 29.5. The Bertz CT molecular complexity index is 761. The largest absolute Gasteiger partial charge is 0.444 e. The molecule has 0 aliphatic rings. The van der Waals surface area contributed by atoms with Gasteiger partial charge in [-0.2, -0.15) is 0 Å². The Balaban J connectivity index is 3.29. The van der Waals surface area contributed by atoms with Crippen molar-refractivity contribution in [1.82, 2.24) is 15.5 Å². The van der Waals surface area contributed by atoms with Crippen LogP contribution in [0.5, 0.6) is 0 Å². The summed E-state index contributed by atoms with van der Waals surface area (Å²) >= 11 is 0. The smallest absolute Gasteiger partial charge is 0.408 e. The molecule has 1 aromatic rings. The minimum atomic E-state index is -0.800. The van der Waals surface area contributed by atoms with Crippen molar-refractivity contribution in [2.45, 2.75) is 98.3 Å². The molecule has 0 aliphatic heterocycles. The molecular weight excluding hydrogens is 430 g/mol. The van der Waals surface area contributed by atoms with Gasteiger partial charge in [-0.15, -0.1) is 0 Å². The molecule has 34 heavy (non-hydrogen) atoms. The van der Waals surface area contributed by atoms with Crippen molar-refractivity contribution in [2.24, 2.45) is 5.92 Å². The van der Waals surface area contributed by atoms with Gasteiger partial charge in [0.1, 0.15) is 17.7 Å². The number of unbranched alkanes of at least 4 members (excludes halogenated alkanes) is 2. The number of hydrogen-bond donors (Lipinski definition) is 2. The van der Waals surface area contributed by atoms with Gasteiger partial charge in [0.25, 0.3) is 0 Å². The Morgan fingerprint density at radius 2 is 1.65 bits per heavy atom. The molecule has 0 saturated heterocycles. The SMILES string of the molecule is CCCCCNC(=O)C(c1ccccc1)N(CCC)C(=O)C(NC(=O)OC(C)(C)C)C(C)CC. The molecule has 1 aromatic carbocycles. The van der Waals surface area contributed by atoms with Crippen molar-refractivity contribution in [3.8, 4) is 0 Å². The minimum Gasteiger partial charge on any atom is -0.444 e. The molecule has 3 amide bonds. The maximum atomic E-state index is 13.9. The highest BCUT2D eigenvalue weighted by molar-refractivity contribution is 5.92. The molecule has 0 aliphatic carbocycles. The fourth-order valence-electron chi connectivity index (χ4n) is 3.70. The molecule has 0 bridgehead atoms. The lowest BCUT2D eigenvalue weighted by atomic mass is 9.95. The highest BCUT2D eigenvalue weighted by Gasteiger charge is 2.37. The summed E-state index contributed by atoms with van der Waals surface area (Å²) in [6, 6.07) is 7.78. The Hall–Kier alpha value is -2.57. The van der Waals surface area contributed by atoms with Gasteiger partial charge in [-0.3, -0.25) is 9.59 Å². The number of alkyl carbamates (subject to hydrolysis) is 1. The summed E-state index contributed by atoms with van der Waals surface area (Å²) in [6.45, 7) is 14.3. The van der Waals surface area contributed by atoms with E-state index in [9.17, 15) is 14.4 Å². The van der Waals surface area contributed by atoms with E-state index >= 15 is 0 Å². The zero-order chi connectivity index (χ0) is 25.7. The molecule has 0 radical (unpaired) electrons. The molecule has 0 aromatic heterocycles. The maximum Gasteiger partial charge on any atom is 0.408 e. The number of carbonyl (C=O) groups is 3. The number of nitrogens with one attached hydrogen (secondary N) is 2. The summed E-state index contributed by atoms with van der Waals surface area (Å²) < 4.78 is 5.42. The standard InChI is InChI=1S/C27H45N3O4/c1-8-11-15-18-28-24(31)23(21-16-13-12-14-17-21)30(19-9-2)25(32)22(20(4)10-3)29-26(33)34-27(5,6)7/h12-14,16-17,20,22-23H,8-11,15,18-19H2,1-7H3,(H,28,31)(H,29,33). The summed E-state index contributed by atoms with van der Waals surface area (Å²) in [5.74, 6) is -0.618.